The van der Waals surface area contributed by atoms with E-state index >= 15 is 0 Å². The smallest absolute Gasteiger partial charge is 0.217 e. The van der Waals surface area contributed by atoms with Crippen LogP contribution in [0.2, 0.25) is 0 Å². The molecule has 0 bridgehead atoms. The van der Waals surface area contributed by atoms with E-state index in [2.05, 4.69) is 17.9 Å². The number of nitrogens with one attached hydrogen (secondary N) is 1. The number of hydrogen-bond donors (Lipinski definition) is 2. The van der Waals surface area contributed by atoms with Gasteiger partial charge in [0.05, 0.1) is 6.04 Å². The number of carbonyl (C=O) groups is 2. The molecule has 4 heteroatoms. The number of amides is 1. The van der Waals surface area contributed by atoms with Crippen LogP contribution in [0.5, 0.6) is 0 Å². The summed E-state index contributed by atoms with van der Waals surface area (Å²) >= 11 is 4.07. The highest BCUT2D eigenvalue weighted by atomic mass is 32.1. The molecule has 0 aliphatic carbocycles. The molecule has 14 heavy (non-hydrogen) atoms. The zero-order valence-corrected chi connectivity index (χ0v) is 10.1. The topological polar surface area (TPSA) is 46.2 Å². The Kier molecular flexibility index (Phi) is 5.19. The van der Waals surface area contributed by atoms with E-state index in [4.69, 9.17) is 0 Å². The fraction of sp³-hybridized carbons (Fsp3) is 0.800. The molecule has 1 unspecified atom stereocenters. The molecule has 82 valence electrons. The van der Waals surface area contributed by atoms with Gasteiger partial charge in [-0.25, -0.2) is 0 Å². The molecular weight excluding hydrogens is 198 g/mol. The van der Waals surface area contributed by atoms with E-state index in [1.54, 1.807) is 0 Å². The van der Waals surface area contributed by atoms with Crippen LogP contribution in [0.25, 0.3) is 0 Å². The lowest BCUT2D eigenvalue weighted by Gasteiger charge is -2.24. The van der Waals surface area contributed by atoms with Gasteiger partial charge >= 0.3 is 0 Å². The molecule has 0 heterocycles. The van der Waals surface area contributed by atoms with Crippen molar-refractivity contribution >= 4 is 24.3 Å². The third-order valence-corrected chi connectivity index (χ3v) is 2.11. The zero-order valence-electron chi connectivity index (χ0n) is 9.26. The Balaban J connectivity index is 4.49. The molecule has 0 aliphatic rings. The summed E-state index contributed by atoms with van der Waals surface area (Å²) in [7, 11) is 0. The second-order valence-corrected chi connectivity index (χ2v) is 4.83. The van der Waals surface area contributed by atoms with E-state index in [-0.39, 0.29) is 11.7 Å². The first-order valence-electron chi connectivity index (χ1n) is 4.71. The third kappa shape index (κ3) is 4.65. The van der Waals surface area contributed by atoms with Gasteiger partial charge in [-0.05, 0) is 12.2 Å². The van der Waals surface area contributed by atoms with Gasteiger partial charge in [-0.15, -0.1) is 0 Å². The van der Waals surface area contributed by atoms with Crippen LogP contribution in [0, 0.1) is 5.41 Å². The lowest BCUT2D eigenvalue weighted by molar-refractivity contribution is -0.131. The van der Waals surface area contributed by atoms with Gasteiger partial charge in [0.1, 0.15) is 0 Å². The quantitative estimate of drug-likeness (QED) is 0.700. The number of ketones is 1. The first-order chi connectivity index (χ1) is 6.29. The molecule has 0 aliphatic heterocycles. The number of carbonyl (C=O) groups excluding carboxylic acids is 2. The molecule has 0 fully saturated rings. The average Bonchev–Trinajstić information content (AvgIpc) is 2.00. The monoisotopic (exact) mass is 217 g/mol. The maximum absolute atomic E-state index is 11.8. The van der Waals surface area contributed by atoms with E-state index in [0.29, 0.717) is 12.2 Å². The second kappa shape index (κ2) is 5.39. The van der Waals surface area contributed by atoms with Crippen molar-refractivity contribution in [2.75, 3.05) is 5.75 Å². The van der Waals surface area contributed by atoms with Gasteiger partial charge in [0, 0.05) is 12.3 Å². The minimum Gasteiger partial charge on any atom is -0.346 e. The summed E-state index contributed by atoms with van der Waals surface area (Å²) in [6, 6.07) is -0.398. The van der Waals surface area contributed by atoms with Crippen LogP contribution in [-0.4, -0.2) is 23.5 Å². The van der Waals surface area contributed by atoms with Crippen molar-refractivity contribution in [3.8, 4) is 0 Å². The Hall–Kier alpha value is -0.510. The highest BCUT2D eigenvalue weighted by Gasteiger charge is 2.29. The molecule has 1 amide bonds. The highest BCUT2D eigenvalue weighted by Crippen LogP contribution is 2.18. The van der Waals surface area contributed by atoms with Crippen LogP contribution in [0.3, 0.4) is 0 Å². The Morgan fingerprint density at radius 3 is 2.14 bits per heavy atom. The maximum atomic E-state index is 11.8. The van der Waals surface area contributed by atoms with Gasteiger partial charge in [-0.1, -0.05) is 20.8 Å². The SMILES string of the molecule is CC(=O)NC(CCS)C(=O)C(C)(C)C. The van der Waals surface area contributed by atoms with E-state index in [9.17, 15) is 9.59 Å². The van der Waals surface area contributed by atoms with Gasteiger partial charge < -0.3 is 5.32 Å². The van der Waals surface area contributed by atoms with E-state index in [1.807, 2.05) is 20.8 Å². The van der Waals surface area contributed by atoms with Crippen molar-refractivity contribution in [3.05, 3.63) is 0 Å². The molecule has 0 rings (SSSR count). The van der Waals surface area contributed by atoms with Crippen LogP contribution in [-0.2, 0) is 9.59 Å². The molecule has 0 radical (unpaired) electrons. The van der Waals surface area contributed by atoms with Crippen LogP contribution >= 0.6 is 12.6 Å². The molecule has 1 N–H and O–H groups in total. The minimum atomic E-state index is -0.421. The maximum Gasteiger partial charge on any atom is 0.217 e. The minimum absolute atomic E-state index is 0.0572. The first kappa shape index (κ1) is 13.5. The normalized spacial score (nSPS) is 13.5. The molecule has 1 atom stereocenters. The fourth-order valence-corrected chi connectivity index (χ4v) is 1.42. The summed E-state index contributed by atoms with van der Waals surface area (Å²) in [5, 5.41) is 2.65. The molecule has 0 aromatic carbocycles. The van der Waals surface area contributed by atoms with E-state index < -0.39 is 11.5 Å². The number of Topliss-reactive ketones (excluding diaryl/α,β-unsaturated/α-hetero) is 1. The number of thiol groups is 1. The highest BCUT2D eigenvalue weighted by molar-refractivity contribution is 7.80. The van der Waals surface area contributed by atoms with Crippen molar-refractivity contribution in [1.29, 1.82) is 0 Å². The standard InChI is InChI=1S/C10H19NO2S/c1-7(12)11-8(5-6-14)9(13)10(2,3)4/h8,14H,5-6H2,1-4H3,(H,11,12). The average molecular weight is 217 g/mol. The van der Waals surface area contributed by atoms with E-state index in [0.717, 1.165) is 0 Å². The van der Waals surface area contributed by atoms with Crippen LogP contribution in [0.15, 0.2) is 0 Å². The largest absolute Gasteiger partial charge is 0.346 e. The zero-order chi connectivity index (χ0) is 11.4. The van der Waals surface area contributed by atoms with Crippen molar-refractivity contribution < 1.29 is 9.59 Å². The summed E-state index contributed by atoms with van der Waals surface area (Å²) in [6.07, 6.45) is 0.582. The first-order valence-corrected chi connectivity index (χ1v) is 5.34. The van der Waals surface area contributed by atoms with Gasteiger partial charge in [0.2, 0.25) is 5.91 Å². The van der Waals surface area contributed by atoms with Gasteiger partial charge in [0.15, 0.2) is 5.78 Å². The van der Waals surface area contributed by atoms with Crippen LogP contribution in [0.1, 0.15) is 34.1 Å². The Bertz CT molecular complexity index is 221. The lowest BCUT2D eigenvalue weighted by Crippen LogP contribution is -2.45. The van der Waals surface area contributed by atoms with Crippen LogP contribution < -0.4 is 5.32 Å². The molecule has 3 nitrogen and oxygen atoms in total. The third-order valence-electron chi connectivity index (χ3n) is 1.85. The fourth-order valence-electron chi connectivity index (χ4n) is 1.17. The summed E-state index contributed by atoms with van der Waals surface area (Å²) in [6.45, 7) is 6.97. The Morgan fingerprint density at radius 1 is 1.36 bits per heavy atom. The van der Waals surface area contributed by atoms with Crippen LogP contribution in [0.4, 0.5) is 0 Å². The van der Waals surface area contributed by atoms with Gasteiger partial charge in [0.25, 0.3) is 0 Å². The molecule has 0 aromatic heterocycles. The summed E-state index contributed by atoms with van der Waals surface area (Å²) in [5.41, 5.74) is -0.421. The lowest BCUT2D eigenvalue weighted by atomic mass is 9.85. The molecule has 0 saturated carbocycles. The van der Waals surface area contributed by atoms with Crippen molar-refractivity contribution in [3.63, 3.8) is 0 Å². The van der Waals surface area contributed by atoms with Crippen molar-refractivity contribution in [2.24, 2.45) is 5.41 Å². The van der Waals surface area contributed by atoms with Crippen molar-refractivity contribution in [1.82, 2.24) is 5.32 Å². The Morgan fingerprint density at radius 2 is 1.86 bits per heavy atom. The van der Waals surface area contributed by atoms with E-state index in [1.165, 1.54) is 6.92 Å². The molecular formula is C10H19NO2S. The molecule has 0 aromatic rings. The molecule has 0 saturated heterocycles. The number of rotatable bonds is 4. The van der Waals surface area contributed by atoms with Gasteiger partial charge in [-0.2, -0.15) is 12.6 Å². The predicted molar refractivity (Wildman–Crippen MR) is 60.5 cm³/mol. The summed E-state index contributed by atoms with van der Waals surface area (Å²) in [5.74, 6) is 0.475. The number of hydrogen-bond acceptors (Lipinski definition) is 3. The molecule has 0 spiro atoms. The summed E-state index contributed by atoms with van der Waals surface area (Å²) < 4.78 is 0. The second-order valence-electron chi connectivity index (χ2n) is 4.38. The van der Waals surface area contributed by atoms with Crippen molar-refractivity contribution in [2.45, 2.75) is 40.2 Å². The Labute approximate surface area is 91.1 Å². The summed E-state index contributed by atoms with van der Waals surface area (Å²) in [4.78, 5) is 22.7. The predicted octanol–water partition coefficient (Wildman–Crippen LogP) is 1.43. The van der Waals surface area contributed by atoms with Gasteiger partial charge in [-0.3, -0.25) is 9.59 Å².